The van der Waals surface area contributed by atoms with Gasteiger partial charge in [-0.05, 0) is 19.9 Å². The van der Waals surface area contributed by atoms with Gasteiger partial charge in [0, 0.05) is 23.4 Å². The molecular weight excluding hydrogens is 266 g/mol. The second-order valence-corrected chi connectivity index (χ2v) is 4.27. The molecule has 0 bridgehead atoms. The third-order valence-corrected chi connectivity index (χ3v) is 2.52. The van der Waals surface area contributed by atoms with Crippen molar-refractivity contribution >= 4 is 23.2 Å². The number of aliphatic hydroxyl groups excluding tert-OH is 1. The first-order valence-electron chi connectivity index (χ1n) is 5.83. The molecular formula is C12H15N3O5. The van der Waals surface area contributed by atoms with Gasteiger partial charge in [-0.3, -0.25) is 19.7 Å². The highest BCUT2D eigenvalue weighted by Gasteiger charge is 2.17. The van der Waals surface area contributed by atoms with E-state index in [2.05, 4.69) is 10.6 Å². The van der Waals surface area contributed by atoms with Crippen molar-refractivity contribution in [1.29, 1.82) is 0 Å². The monoisotopic (exact) mass is 281 g/mol. The lowest BCUT2D eigenvalue weighted by Gasteiger charge is -2.10. The van der Waals surface area contributed by atoms with Crippen molar-refractivity contribution in [3.63, 3.8) is 0 Å². The highest BCUT2D eigenvalue weighted by atomic mass is 16.6. The number of carbonyl (C=O) groups excluding carboxylic acids is 2. The van der Waals surface area contributed by atoms with Gasteiger partial charge in [0.05, 0.1) is 11.5 Å². The van der Waals surface area contributed by atoms with Gasteiger partial charge in [-0.1, -0.05) is 6.07 Å². The molecule has 0 unspecified atom stereocenters. The van der Waals surface area contributed by atoms with Crippen LogP contribution in [0.4, 0.5) is 11.4 Å². The van der Waals surface area contributed by atoms with Gasteiger partial charge in [0.25, 0.3) is 5.69 Å². The zero-order valence-electron chi connectivity index (χ0n) is 11.0. The Morgan fingerprint density at radius 2 is 2.05 bits per heavy atom. The number of anilines is 1. The normalized spacial score (nSPS) is 11.6. The lowest BCUT2D eigenvalue weighted by Crippen LogP contribution is -2.42. The Bertz CT molecular complexity index is 544. The van der Waals surface area contributed by atoms with Crippen molar-refractivity contribution in [3.8, 4) is 0 Å². The van der Waals surface area contributed by atoms with Crippen LogP contribution in [-0.4, -0.2) is 34.5 Å². The number of hydrogen-bond acceptors (Lipinski definition) is 5. The van der Waals surface area contributed by atoms with Crippen LogP contribution in [-0.2, 0) is 9.59 Å². The van der Waals surface area contributed by atoms with E-state index >= 15 is 0 Å². The fourth-order valence-corrected chi connectivity index (χ4v) is 1.41. The van der Waals surface area contributed by atoms with E-state index in [0.717, 1.165) is 0 Å². The van der Waals surface area contributed by atoms with Gasteiger partial charge < -0.3 is 15.7 Å². The summed E-state index contributed by atoms with van der Waals surface area (Å²) >= 11 is 0. The third kappa shape index (κ3) is 4.02. The van der Waals surface area contributed by atoms with Crippen molar-refractivity contribution in [3.05, 3.63) is 33.9 Å². The van der Waals surface area contributed by atoms with Crippen LogP contribution in [0.2, 0.25) is 0 Å². The molecule has 108 valence electrons. The number of aliphatic hydroxyl groups is 1. The largest absolute Gasteiger partial charge is 0.394 e. The first kappa shape index (κ1) is 15.6. The molecule has 1 rings (SSSR count). The Labute approximate surface area is 114 Å². The van der Waals surface area contributed by atoms with Crippen LogP contribution in [0.25, 0.3) is 0 Å². The van der Waals surface area contributed by atoms with E-state index in [1.807, 2.05) is 0 Å². The minimum atomic E-state index is -0.955. The van der Waals surface area contributed by atoms with E-state index in [1.54, 1.807) is 6.92 Å². The Balaban J connectivity index is 2.78. The van der Waals surface area contributed by atoms with Gasteiger partial charge in [0.1, 0.15) is 0 Å². The summed E-state index contributed by atoms with van der Waals surface area (Å²) in [6, 6.07) is 3.56. The molecule has 3 N–H and O–H groups in total. The molecule has 0 aliphatic carbocycles. The number of nitrogens with zero attached hydrogens (tertiary/aromatic N) is 1. The summed E-state index contributed by atoms with van der Waals surface area (Å²) in [5.41, 5.74) is 0.456. The van der Waals surface area contributed by atoms with Crippen molar-refractivity contribution in [2.75, 3.05) is 11.9 Å². The summed E-state index contributed by atoms with van der Waals surface area (Å²) in [4.78, 5) is 33.2. The molecule has 8 heteroatoms. The molecule has 0 aliphatic heterocycles. The number of aryl methyl sites for hydroxylation is 1. The van der Waals surface area contributed by atoms with Crippen LogP contribution < -0.4 is 10.6 Å². The smallest absolute Gasteiger partial charge is 0.313 e. The first-order chi connectivity index (χ1) is 9.35. The maximum atomic E-state index is 11.6. The van der Waals surface area contributed by atoms with Gasteiger partial charge >= 0.3 is 11.8 Å². The van der Waals surface area contributed by atoms with E-state index < -0.39 is 22.8 Å². The standard InChI is InChI=1S/C12H15N3O5/c1-7-3-4-9(5-10(7)15(19)20)14-12(18)11(17)13-8(2)6-16/h3-5,8,16H,6H2,1-2H3,(H,13,17)(H,14,18)/t8-/m0/s1. The minimum absolute atomic E-state index is 0.146. The highest BCUT2D eigenvalue weighted by molar-refractivity contribution is 6.39. The lowest BCUT2D eigenvalue weighted by atomic mass is 10.2. The third-order valence-electron chi connectivity index (χ3n) is 2.52. The van der Waals surface area contributed by atoms with Crippen LogP contribution in [0.1, 0.15) is 12.5 Å². The SMILES string of the molecule is Cc1ccc(NC(=O)C(=O)N[C@@H](C)CO)cc1[N+](=O)[O-]. The fourth-order valence-electron chi connectivity index (χ4n) is 1.41. The van der Waals surface area contributed by atoms with Gasteiger partial charge in [-0.15, -0.1) is 0 Å². The molecule has 2 amide bonds. The van der Waals surface area contributed by atoms with E-state index in [1.165, 1.54) is 25.1 Å². The van der Waals surface area contributed by atoms with Gasteiger partial charge in [-0.2, -0.15) is 0 Å². The molecule has 0 aromatic heterocycles. The predicted molar refractivity (Wildman–Crippen MR) is 71.2 cm³/mol. The molecule has 0 radical (unpaired) electrons. The summed E-state index contributed by atoms with van der Waals surface area (Å²) in [5, 5.41) is 24.0. The number of amides is 2. The number of benzene rings is 1. The van der Waals surface area contributed by atoms with Crippen LogP contribution in [0.3, 0.4) is 0 Å². The van der Waals surface area contributed by atoms with Crippen LogP contribution in [0.15, 0.2) is 18.2 Å². The van der Waals surface area contributed by atoms with E-state index in [-0.39, 0.29) is 18.0 Å². The van der Waals surface area contributed by atoms with Crippen LogP contribution in [0, 0.1) is 17.0 Å². The molecule has 0 fully saturated rings. The van der Waals surface area contributed by atoms with E-state index in [4.69, 9.17) is 5.11 Å². The Hall–Kier alpha value is -2.48. The van der Waals surface area contributed by atoms with Gasteiger partial charge in [0.2, 0.25) is 0 Å². The lowest BCUT2D eigenvalue weighted by molar-refractivity contribution is -0.385. The molecule has 0 heterocycles. The maximum absolute atomic E-state index is 11.6. The average molecular weight is 281 g/mol. The molecule has 0 saturated carbocycles. The highest BCUT2D eigenvalue weighted by Crippen LogP contribution is 2.22. The molecule has 0 spiro atoms. The quantitative estimate of drug-likeness (QED) is 0.417. The Morgan fingerprint density at radius 3 is 2.60 bits per heavy atom. The zero-order chi connectivity index (χ0) is 15.3. The topological polar surface area (TPSA) is 122 Å². The van der Waals surface area contributed by atoms with Crippen LogP contribution >= 0.6 is 0 Å². The number of rotatable bonds is 4. The van der Waals surface area contributed by atoms with Crippen molar-refractivity contribution in [2.24, 2.45) is 0 Å². The number of carbonyl (C=O) groups is 2. The number of nitrogens with one attached hydrogen (secondary N) is 2. The van der Waals surface area contributed by atoms with E-state index in [0.29, 0.717) is 5.56 Å². The second kappa shape index (κ2) is 6.62. The molecule has 8 nitrogen and oxygen atoms in total. The van der Waals surface area contributed by atoms with Crippen molar-refractivity contribution in [1.82, 2.24) is 5.32 Å². The summed E-state index contributed by atoms with van der Waals surface area (Å²) < 4.78 is 0. The van der Waals surface area contributed by atoms with E-state index in [9.17, 15) is 19.7 Å². The van der Waals surface area contributed by atoms with Gasteiger partial charge in [-0.25, -0.2) is 0 Å². The molecule has 1 aromatic rings. The number of nitro groups is 1. The zero-order valence-corrected chi connectivity index (χ0v) is 11.0. The number of nitro benzene ring substituents is 1. The maximum Gasteiger partial charge on any atom is 0.313 e. The molecule has 1 aromatic carbocycles. The summed E-state index contributed by atoms with van der Waals surface area (Å²) in [5.74, 6) is -1.88. The Kier molecular flexibility index (Phi) is 5.15. The summed E-state index contributed by atoms with van der Waals surface area (Å²) in [6.45, 7) is 2.80. The summed E-state index contributed by atoms with van der Waals surface area (Å²) in [7, 11) is 0. The molecule has 0 saturated heterocycles. The average Bonchev–Trinajstić information content (AvgIpc) is 2.40. The van der Waals surface area contributed by atoms with Crippen molar-refractivity contribution < 1.29 is 19.6 Å². The number of hydrogen-bond donors (Lipinski definition) is 3. The second-order valence-electron chi connectivity index (χ2n) is 4.27. The molecule has 0 aliphatic rings. The Morgan fingerprint density at radius 1 is 1.40 bits per heavy atom. The minimum Gasteiger partial charge on any atom is -0.394 e. The van der Waals surface area contributed by atoms with Crippen LogP contribution in [0.5, 0.6) is 0 Å². The molecule has 1 atom stereocenters. The first-order valence-corrected chi connectivity index (χ1v) is 5.83. The predicted octanol–water partition coefficient (Wildman–Crippen LogP) is 0.339. The summed E-state index contributed by atoms with van der Waals surface area (Å²) in [6.07, 6.45) is 0. The van der Waals surface area contributed by atoms with Crippen molar-refractivity contribution in [2.45, 2.75) is 19.9 Å². The van der Waals surface area contributed by atoms with Gasteiger partial charge in [0.15, 0.2) is 0 Å². The molecule has 20 heavy (non-hydrogen) atoms. The fraction of sp³-hybridized carbons (Fsp3) is 0.333.